The highest BCUT2D eigenvalue weighted by molar-refractivity contribution is 5.23. The van der Waals surface area contributed by atoms with Gasteiger partial charge in [0.15, 0.2) is 0 Å². The molecular weight excluding hydrogens is 194 g/mol. The second-order valence-corrected chi connectivity index (χ2v) is 5.37. The van der Waals surface area contributed by atoms with Crippen molar-refractivity contribution in [2.75, 3.05) is 6.54 Å². The predicted molar refractivity (Wildman–Crippen MR) is 69.6 cm³/mol. The van der Waals surface area contributed by atoms with Gasteiger partial charge in [-0.3, -0.25) is 0 Å². The molecule has 1 unspecified atom stereocenters. The quantitative estimate of drug-likeness (QED) is 0.790. The summed E-state index contributed by atoms with van der Waals surface area (Å²) >= 11 is 0. The standard InChI is InChI=1S/C15H23N/c1-4-15(9-10-15)11-16-13(3)14-7-5-12(2)6-8-14/h5-8,13,16H,4,9-11H2,1-3H3. The molecule has 0 aliphatic heterocycles. The molecule has 1 N–H and O–H groups in total. The molecular formula is C15H23N. The molecule has 88 valence electrons. The fourth-order valence-corrected chi connectivity index (χ4v) is 2.17. The molecule has 1 nitrogen and oxygen atoms in total. The minimum absolute atomic E-state index is 0.477. The second-order valence-electron chi connectivity index (χ2n) is 5.37. The van der Waals surface area contributed by atoms with Crippen molar-refractivity contribution in [1.82, 2.24) is 5.32 Å². The van der Waals surface area contributed by atoms with Gasteiger partial charge in [-0.1, -0.05) is 36.8 Å². The van der Waals surface area contributed by atoms with Crippen LogP contribution in [-0.2, 0) is 0 Å². The van der Waals surface area contributed by atoms with Gasteiger partial charge in [0, 0.05) is 12.6 Å². The monoisotopic (exact) mass is 217 g/mol. The molecule has 0 heterocycles. The van der Waals surface area contributed by atoms with Gasteiger partial charge >= 0.3 is 0 Å². The summed E-state index contributed by atoms with van der Waals surface area (Å²) in [6.45, 7) is 7.89. The van der Waals surface area contributed by atoms with Crippen molar-refractivity contribution in [2.45, 2.75) is 46.1 Å². The van der Waals surface area contributed by atoms with Gasteiger partial charge in [-0.05, 0) is 44.1 Å². The zero-order valence-electron chi connectivity index (χ0n) is 10.7. The van der Waals surface area contributed by atoms with Crippen molar-refractivity contribution in [3.63, 3.8) is 0 Å². The third kappa shape index (κ3) is 2.65. The molecule has 1 heteroatoms. The third-order valence-corrected chi connectivity index (χ3v) is 4.07. The van der Waals surface area contributed by atoms with Crippen LogP contribution in [0.3, 0.4) is 0 Å². The van der Waals surface area contributed by atoms with Gasteiger partial charge in [-0.25, -0.2) is 0 Å². The molecule has 1 fully saturated rings. The lowest BCUT2D eigenvalue weighted by Crippen LogP contribution is -2.26. The number of rotatable bonds is 5. The Bertz CT molecular complexity index is 335. The van der Waals surface area contributed by atoms with Crippen molar-refractivity contribution >= 4 is 0 Å². The van der Waals surface area contributed by atoms with Crippen molar-refractivity contribution in [1.29, 1.82) is 0 Å². The molecule has 0 spiro atoms. The lowest BCUT2D eigenvalue weighted by atomic mass is 10.0. The molecule has 0 bridgehead atoms. The summed E-state index contributed by atoms with van der Waals surface area (Å²) in [4.78, 5) is 0. The largest absolute Gasteiger partial charge is 0.310 e. The van der Waals surface area contributed by atoms with E-state index in [9.17, 15) is 0 Å². The van der Waals surface area contributed by atoms with Gasteiger partial charge in [-0.2, -0.15) is 0 Å². The highest BCUT2D eigenvalue weighted by Crippen LogP contribution is 2.48. The van der Waals surface area contributed by atoms with Crippen LogP contribution in [0.2, 0.25) is 0 Å². The number of hydrogen-bond donors (Lipinski definition) is 1. The lowest BCUT2D eigenvalue weighted by Gasteiger charge is -2.19. The summed E-state index contributed by atoms with van der Waals surface area (Å²) in [5.74, 6) is 0. The predicted octanol–water partition coefficient (Wildman–Crippen LogP) is 3.84. The Kier molecular flexibility index (Phi) is 3.34. The van der Waals surface area contributed by atoms with E-state index in [1.54, 1.807) is 0 Å². The maximum absolute atomic E-state index is 3.67. The third-order valence-electron chi connectivity index (χ3n) is 4.07. The van der Waals surface area contributed by atoms with Crippen LogP contribution >= 0.6 is 0 Å². The number of aryl methyl sites for hydroxylation is 1. The lowest BCUT2D eigenvalue weighted by molar-refractivity contribution is 0.415. The number of benzene rings is 1. The van der Waals surface area contributed by atoms with Gasteiger partial charge in [-0.15, -0.1) is 0 Å². The van der Waals surface area contributed by atoms with Crippen LogP contribution in [-0.4, -0.2) is 6.54 Å². The van der Waals surface area contributed by atoms with E-state index in [2.05, 4.69) is 50.4 Å². The van der Waals surface area contributed by atoms with Gasteiger partial charge in [0.25, 0.3) is 0 Å². The number of nitrogens with one attached hydrogen (secondary N) is 1. The summed E-state index contributed by atoms with van der Waals surface area (Å²) in [5, 5.41) is 3.67. The van der Waals surface area contributed by atoms with Crippen LogP contribution in [0.5, 0.6) is 0 Å². The van der Waals surface area contributed by atoms with E-state index < -0.39 is 0 Å². The molecule has 1 saturated carbocycles. The Morgan fingerprint density at radius 2 is 1.88 bits per heavy atom. The smallest absolute Gasteiger partial charge is 0.0292 e. The van der Waals surface area contributed by atoms with Crippen LogP contribution in [0, 0.1) is 12.3 Å². The maximum atomic E-state index is 3.67. The normalized spacial score (nSPS) is 19.4. The Morgan fingerprint density at radius 1 is 1.25 bits per heavy atom. The van der Waals surface area contributed by atoms with Crippen LogP contribution in [0.15, 0.2) is 24.3 Å². The average Bonchev–Trinajstić information content (AvgIpc) is 3.08. The second kappa shape index (κ2) is 4.58. The Balaban J connectivity index is 1.88. The molecule has 16 heavy (non-hydrogen) atoms. The first-order valence-electron chi connectivity index (χ1n) is 6.45. The van der Waals surface area contributed by atoms with Gasteiger partial charge < -0.3 is 5.32 Å². The van der Waals surface area contributed by atoms with E-state index in [-0.39, 0.29) is 0 Å². The molecule has 1 aliphatic rings. The van der Waals surface area contributed by atoms with Crippen molar-refractivity contribution in [3.8, 4) is 0 Å². The van der Waals surface area contributed by atoms with Crippen molar-refractivity contribution in [3.05, 3.63) is 35.4 Å². The Labute approximate surface area is 99.3 Å². The zero-order valence-corrected chi connectivity index (χ0v) is 10.7. The van der Waals surface area contributed by atoms with Crippen LogP contribution < -0.4 is 5.32 Å². The van der Waals surface area contributed by atoms with Crippen LogP contribution in [0.25, 0.3) is 0 Å². The molecule has 0 amide bonds. The van der Waals surface area contributed by atoms with Crippen LogP contribution in [0.4, 0.5) is 0 Å². The molecule has 0 radical (unpaired) electrons. The SMILES string of the molecule is CCC1(CNC(C)c2ccc(C)cc2)CC1. The van der Waals surface area contributed by atoms with E-state index in [0.717, 1.165) is 0 Å². The first kappa shape index (κ1) is 11.7. The summed E-state index contributed by atoms with van der Waals surface area (Å²) in [5.41, 5.74) is 3.37. The summed E-state index contributed by atoms with van der Waals surface area (Å²) < 4.78 is 0. The van der Waals surface area contributed by atoms with E-state index in [1.165, 1.54) is 36.9 Å². The van der Waals surface area contributed by atoms with E-state index >= 15 is 0 Å². The van der Waals surface area contributed by atoms with Gasteiger partial charge in [0.05, 0.1) is 0 Å². The highest BCUT2D eigenvalue weighted by Gasteiger charge is 2.40. The molecule has 1 aromatic rings. The van der Waals surface area contributed by atoms with Crippen molar-refractivity contribution in [2.24, 2.45) is 5.41 Å². The average molecular weight is 217 g/mol. The molecule has 0 saturated heterocycles. The number of hydrogen-bond acceptors (Lipinski definition) is 1. The zero-order chi connectivity index (χ0) is 11.6. The molecule has 1 aromatic carbocycles. The summed E-state index contributed by atoms with van der Waals surface area (Å²) in [7, 11) is 0. The fourth-order valence-electron chi connectivity index (χ4n) is 2.17. The molecule has 2 rings (SSSR count). The van der Waals surface area contributed by atoms with E-state index in [4.69, 9.17) is 0 Å². The van der Waals surface area contributed by atoms with Gasteiger partial charge in [0.2, 0.25) is 0 Å². The Hall–Kier alpha value is -0.820. The van der Waals surface area contributed by atoms with Gasteiger partial charge in [0.1, 0.15) is 0 Å². The molecule has 0 aromatic heterocycles. The first-order chi connectivity index (χ1) is 7.65. The Morgan fingerprint density at radius 3 is 2.38 bits per heavy atom. The molecule has 1 atom stereocenters. The van der Waals surface area contributed by atoms with E-state index in [0.29, 0.717) is 11.5 Å². The first-order valence-corrected chi connectivity index (χ1v) is 6.45. The fraction of sp³-hybridized carbons (Fsp3) is 0.600. The molecule has 1 aliphatic carbocycles. The topological polar surface area (TPSA) is 12.0 Å². The minimum Gasteiger partial charge on any atom is -0.310 e. The van der Waals surface area contributed by atoms with Crippen LogP contribution in [0.1, 0.15) is 50.3 Å². The summed E-state index contributed by atoms with van der Waals surface area (Å²) in [6, 6.07) is 9.34. The minimum atomic E-state index is 0.477. The highest BCUT2D eigenvalue weighted by atomic mass is 14.9. The van der Waals surface area contributed by atoms with Crippen molar-refractivity contribution < 1.29 is 0 Å². The van der Waals surface area contributed by atoms with E-state index in [1.807, 2.05) is 0 Å². The summed E-state index contributed by atoms with van der Waals surface area (Å²) in [6.07, 6.45) is 4.15. The maximum Gasteiger partial charge on any atom is 0.0292 e.